The fourth-order valence-corrected chi connectivity index (χ4v) is 1.98. The van der Waals surface area contributed by atoms with E-state index in [0.717, 1.165) is 5.69 Å². The third-order valence-corrected chi connectivity index (χ3v) is 2.97. The van der Waals surface area contributed by atoms with Crippen LogP contribution < -0.4 is 10.6 Å². The van der Waals surface area contributed by atoms with Gasteiger partial charge in [-0.05, 0) is 43.3 Å². The lowest BCUT2D eigenvalue weighted by molar-refractivity contribution is 0.0986. The molecule has 0 bridgehead atoms. The average molecular weight is 272 g/mol. The number of nitrogens with two attached hydrogens (primary N) is 1. The van der Waals surface area contributed by atoms with E-state index in [1.54, 1.807) is 11.0 Å². The molecule has 0 unspecified atom stereocenters. The number of halogens is 1. The molecule has 0 aliphatic rings. The van der Waals surface area contributed by atoms with Crippen LogP contribution in [0.25, 0.3) is 0 Å². The van der Waals surface area contributed by atoms with Gasteiger partial charge in [0.05, 0.1) is 0 Å². The molecular weight excluding hydrogens is 255 g/mol. The maximum Gasteiger partial charge on any atom is 0.258 e. The predicted octanol–water partition coefficient (Wildman–Crippen LogP) is 2.82. The van der Waals surface area contributed by atoms with E-state index in [2.05, 4.69) is 0 Å². The highest BCUT2D eigenvalue weighted by Crippen LogP contribution is 2.17. The molecule has 0 fully saturated rings. The highest BCUT2D eigenvalue weighted by molar-refractivity contribution is 6.06. The van der Waals surface area contributed by atoms with Gasteiger partial charge in [-0.3, -0.25) is 4.79 Å². The van der Waals surface area contributed by atoms with Crippen LogP contribution in [0.15, 0.2) is 54.6 Å². The van der Waals surface area contributed by atoms with Crippen molar-refractivity contribution in [2.45, 2.75) is 6.42 Å². The van der Waals surface area contributed by atoms with Crippen LogP contribution in [0.4, 0.5) is 10.1 Å². The number of hydrogen-bond donors (Lipinski definition) is 1. The zero-order chi connectivity index (χ0) is 14.4. The summed E-state index contributed by atoms with van der Waals surface area (Å²) in [5.74, 6) is -0.633. The van der Waals surface area contributed by atoms with Crippen molar-refractivity contribution < 1.29 is 9.18 Å². The monoisotopic (exact) mass is 272 g/mol. The van der Waals surface area contributed by atoms with E-state index in [-0.39, 0.29) is 5.91 Å². The molecule has 20 heavy (non-hydrogen) atoms. The largest absolute Gasteiger partial charge is 0.330 e. The molecule has 0 aromatic heterocycles. The number of amides is 1. The highest BCUT2D eigenvalue weighted by atomic mass is 19.1. The second-order valence-corrected chi connectivity index (χ2v) is 4.44. The summed E-state index contributed by atoms with van der Waals surface area (Å²) in [6.45, 7) is 1.01. The lowest BCUT2D eigenvalue weighted by Crippen LogP contribution is -2.33. The van der Waals surface area contributed by atoms with Crippen LogP contribution in [0.5, 0.6) is 0 Å². The molecule has 0 aliphatic carbocycles. The van der Waals surface area contributed by atoms with Crippen molar-refractivity contribution in [3.8, 4) is 0 Å². The maximum absolute atomic E-state index is 13.3. The molecule has 0 atom stereocenters. The standard InChI is InChI=1S/C16H17FN2O/c17-14-7-4-6-13(12-14)16(20)19(11-5-10-18)15-8-2-1-3-9-15/h1-4,6-9,12H,5,10-11,18H2. The minimum Gasteiger partial charge on any atom is -0.330 e. The first-order valence-electron chi connectivity index (χ1n) is 6.55. The van der Waals surface area contributed by atoms with Crippen LogP contribution in [0.1, 0.15) is 16.8 Å². The van der Waals surface area contributed by atoms with Gasteiger partial charge in [-0.2, -0.15) is 0 Å². The van der Waals surface area contributed by atoms with Gasteiger partial charge in [-0.1, -0.05) is 24.3 Å². The number of carbonyl (C=O) groups is 1. The number of carbonyl (C=O) groups excluding carboxylic acids is 1. The smallest absolute Gasteiger partial charge is 0.258 e. The third kappa shape index (κ3) is 3.42. The van der Waals surface area contributed by atoms with Crippen LogP contribution in [0.3, 0.4) is 0 Å². The molecule has 0 spiro atoms. The molecule has 0 saturated carbocycles. The summed E-state index contributed by atoms with van der Waals surface area (Å²) in [4.78, 5) is 14.1. The van der Waals surface area contributed by atoms with Gasteiger partial charge in [-0.15, -0.1) is 0 Å². The number of hydrogen-bond acceptors (Lipinski definition) is 2. The third-order valence-electron chi connectivity index (χ3n) is 2.97. The summed E-state index contributed by atoms with van der Waals surface area (Å²) in [7, 11) is 0. The van der Waals surface area contributed by atoms with Gasteiger partial charge in [0.2, 0.25) is 0 Å². The molecule has 3 nitrogen and oxygen atoms in total. The predicted molar refractivity (Wildman–Crippen MR) is 78.2 cm³/mol. The second kappa shape index (κ2) is 6.82. The molecule has 1 amide bonds. The molecule has 0 aliphatic heterocycles. The van der Waals surface area contributed by atoms with E-state index < -0.39 is 5.82 Å². The van der Waals surface area contributed by atoms with Gasteiger partial charge in [0.15, 0.2) is 0 Å². The van der Waals surface area contributed by atoms with Gasteiger partial charge in [0.1, 0.15) is 5.82 Å². The topological polar surface area (TPSA) is 46.3 Å². The molecule has 2 aromatic rings. The van der Waals surface area contributed by atoms with Crippen LogP contribution in [-0.2, 0) is 0 Å². The minimum atomic E-state index is -0.414. The molecule has 0 heterocycles. The van der Waals surface area contributed by atoms with Crippen LogP contribution in [-0.4, -0.2) is 19.0 Å². The Balaban J connectivity index is 2.29. The zero-order valence-corrected chi connectivity index (χ0v) is 11.1. The van der Waals surface area contributed by atoms with Crippen molar-refractivity contribution in [3.05, 3.63) is 66.0 Å². The van der Waals surface area contributed by atoms with Gasteiger partial charge in [0.25, 0.3) is 5.91 Å². The Hall–Kier alpha value is -2.20. The molecule has 104 valence electrons. The number of nitrogens with zero attached hydrogens (tertiary/aromatic N) is 1. The van der Waals surface area contributed by atoms with Crippen LogP contribution in [0.2, 0.25) is 0 Å². The summed E-state index contributed by atoms with van der Waals surface area (Å²) in [5, 5.41) is 0. The molecule has 0 radical (unpaired) electrons. The summed E-state index contributed by atoms with van der Waals surface area (Å²) in [6, 6.07) is 15.1. The van der Waals surface area contributed by atoms with Gasteiger partial charge >= 0.3 is 0 Å². The number of rotatable bonds is 5. The summed E-state index contributed by atoms with van der Waals surface area (Å²) in [6.07, 6.45) is 0.690. The summed E-state index contributed by atoms with van der Waals surface area (Å²) >= 11 is 0. The molecule has 2 aromatic carbocycles. The van der Waals surface area contributed by atoms with Gasteiger partial charge in [-0.25, -0.2) is 4.39 Å². The highest BCUT2D eigenvalue weighted by Gasteiger charge is 2.17. The Morgan fingerprint density at radius 1 is 1.10 bits per heavy atom. The average Bonchev–Trinajstić information content (AvgIpc) is 2.48. The molecular formula is C16H17FN2O. The van der Waals surface area contributed by atoms with E-state index in [1.165, 1.54) is 18.2 Å². The van der Waals surface area contributed by atoms with Gasteiger partial charge < -0.3 is 10.6 Å². The maximum atomic E-state index is 13.3. The van der Waals surface area contributed by atoms with Crippen LogP contribution in [0, 0.1) is 5.82 Å². The van der Waals surface area contributed by atoms with Crippen molar-refractivity contribution in [1.29, 1.82) is 0 Å². The molecule has 4 heteroatoms. The Bertz CT molecular complexity index is 572. The van der Waals surface area contributed by atoms with E-state index in [1.807, 2.05) is 30.3 Å². The fourth-order valence-electron chi connectivity index (χ4n) is 1.98. The first-order valence-corrected chi connectivity index (χ1v) is 6.55. The van der Waals surface area contributed by atoms with E-state index in [4.69, 9.17) is 5.73 Å². The molecule has 2 rings (SSSR count). The zero-order valence-electron chi connectivity index (χ0n) is 11.1. The Labute approximate surface area is 117 Å². The first-order chi connectivity index (χ1) is 9.72. The van der Waals surface area contributed by atoms with E-state index in [9.17, 15) is 9.18 Å². The Kier molecular flexibility index (Phi) is 4.85. The minimum absolute atomic E-state index is 0.218. The summed E-state index contributed by atoms with van der Waals surface area (Å²) in [5.41, 5.74) is 6.65. The van der Waals surface area contributed by atoms with Crippen molar-refractivity contribution in [3.63, 3.8) is 0 Å². The van der Waals surface area contributed by atoms with E-state index >= 15 is 0 Å². The second-order valence-electron chi connectivity index (χ2n) is 4.44. The SMILES string of the molecule is NCCCN(C(=O)c1cccc(F)c1)c1ccccc1. The number of anilines is 1. The van der Waals surface area contributed by atoms with Crippen molar-refractivity contribution in [2.24, 2.45) is 5.73 Å². The van der Waals surface area contributed by atoms with Crippen molar-refractivity contribution >= 4 is 11.6 Å². The van der Waals surface area contributed by atoms with Crippen LogP contribution >= 0.6 is 0 Å². The Morgan fingerprint density at radius 3 is 2.50 bits per heavy atom. The molecule has 2 N–H and O–H groups in total. The fraction of sp³-hybridized carbons (Fsp3) is 0.188. The lowest BCUT2D eigenvalue weighted by Gasteiger charge is -2.22. The first kappa shape index (κ1) is 14.2. The van der Waals surface area contributed by atoms with E-state index in [0.29, 0.717) is 25.1 Å². The number of para-hydroxylation sites is 1. The van der Waals surface area contributed by atoms with Gasteiger partial charge in [0, 0.05) is 17.8 Å². The normalized spacial score (nSPS) is 10.3. The summed E-state index contributed by atoms with van der Waals surface area (Å²) < 4.78 is 13.3. The van der Waals surface area contributed by atoms with Crippen molar-refractivity contribution in [2.75, 3.05) is 18.0 Å². The Morgan fingerprint density at radius 2 is 1.85 bits per heavy atom. The quantitative estimate of drug-likeness (QED) is 0.909. The van der Waals surface area contributed by atoms with Crippen molar-refractivity contribution in [1.82, 2.24) is 0 Å². The molecule has 0 saturated heterocycles. The lowest BCUT2D eigenvalue weighted by atomic mass is 10.1. The number of benzene rings is 2.